The number of aryl methyl sites for hydroxylation is 1. The van der Waals surface area contributed by atoms with Gasteiger partial charge in [-0.3, -0.25) is 4.57 Å². The lowest BCUT2D eigenvalue weighted by molar-refractivity contribution is -0.00591. The molecule has 164 valence electrons. The lowest BCUT2D eigenvalue weighted by Crippen LogP contribution is -2.45. The summed E-state index contributed by atoms with van der Waals surface area (Å²) in [5.41, 5.74) is 8.39. The Hall–Kier alpha value is -3.76. The van der Waals surface area contributed by atoms with Gasteiger partial charge in [0.05, 0.1) is 31.5 Å². The Balaban J connectivity index is 1.28. The fraction of sp³-hybridized carbons (Fsp3) is 0.273. The number of pyridine rings is 1. The minimum Gasteiger partial charge on any atom is -0.439 e. The molecule has 0 unspecified atom stereocenters. The van der Waals surface area contributed by atoms with E-state index in [1.54, 1.807) is 11.5 Å². The number of benzene rings is 1. The molecule has 0 atom stereocenters. The first-order chi connectivity index (χ1) is 15.5. The minimum atomic E-state index is -0.282. The number of ether oxygens (including phenoxy) is 2. The SMILES string of the molecule is Cc1nc(N)c2[nH]c(=O)n(Cc3ccc(Oc4cccc(CNC5COC5)n4)cc3)c2n1. The average Bonchev–Trinajstić information content (AvgIpc) is 3.04. The van der Waals surface area contributed by atoms with Crippen molar-refractivity contribution >= 4 is 17.0 Å². The number of anilines is 1. The summed E-state index contributed by atoms with van der Waals surface area (Å²) in [4.78, 5) is 28.1. The predicted octanol–water partition coefficient (Wildman–Crippen LogP) is 1.73. The number of rotatable bonds is 7. The summed E-state index contributed by atoms with van der Waals surface area (Å²) in [5, 5.41) is 3.39. The standard InChI is InChI=1S/C22H23N7O3/c1-13-25-20(23)19-21(26-13)29(22(30)28-19)10-14-5-7-17(8-6-14)32-18-4-2-3-15(27-18)9-24-16-11-31-12-16/h2-8,16,24H,9-12H2,1H3,(H,28,30)(H2,23,25,26). The molecule has 4 heterocycles. The molecule has 5 rings (SSSR count). The van der Waals surface area contributed by atoms with Crippen molar-refractivity contribution in [2.24, 2.45) is 0 Å². The van der Waals surface area contributed by atoms with Crippen LogP contribution >= 0.6 is 0 Å². The zero-order chi connectivity index (χ0) is 22.1. The Kier molecular flexibility index (Phi) is 5.29. The monoisotopic (exact) mass is 433 g/mol. The van der Waals surface area contributed by atoms with Gasteiger partial charge in [0.25, 0.3) is 0 Å². The fourth-order valence-corrected chi connectivity index (χ4v) is 3.49. The van der Waals surface area contributed by atoms with E-state index >= 15 is 0 Å². The highest BCUT2D eigenvalue weighted by Gasteiger charge is 2.17. The number of nitrogens with one attached hydrogen (secondary N) is 2. The number of imidazole rings is 1. The van der Waals surface area contributed by atoms with Crippen LogP contribution in [0.1, 0.15) is 17.1 Å². The van der Waals surface area contributed by atoms with Crippen molar-refractivity contribution in [2.45, 2.75) is 26.1 Å². The number of aromatic nitrogens is 5. The molecule has 10 heteroatoms. The maximum Gasteiger partial charge on any atom is 0.328 e. The maximum absolute atomic E-state index is 12.4. The zero-order valence-electron chi connectivity index (χ0n) is 17.5. The summed E-state index contributed by atoms with van der Waals surface area (Å²) in [7, 11) is 0. The molecule has 4 N–H and O–H groups in total. The molecule has 1 saturated heterocycles. The molecule has 0 saturated carbocycles. The molecule has 0 radical (unpaired) electrons. The molecule has 1 fully saturated rings. The van der Waals surface area contributed by atoms with Crippen LogP contribution in [-0.2, 0) is 17.8 Å². The molecule has 1 aliphatic rings. The third-order valence-corrected chi connectivity index (χ3v) is 5.24. The lowest BCUT2D eigenvalue weighted by atomic mass is 10.2. The second-order valence-corrected chi connectivity index (χ2v) is 7.70. The number of nitrogen functional groups attached to an aromatic ring is 1. The Morgan fingerprint density at radius 1 is 1.19 bits per heavy atom. The van der Waals surface area contributed by atoms with Crippen molar-refractivity contribution in [1.29, 1.82) is 0 Å². The van der Waals surface area contributed by atoms with Gasteiger partial charge in [-0.15, -0.1) is 0 Å². The smallest absolute Gasteiger partial charge is 0.328 e. The van der Waals surface area contributed by atoms with Crippen molar-refractivity contribution in [3.63, 3.8) is 0 Å². The van der Waals surface area contributed by atoms with E-state index in [0.29, 0.717) is 47.7 Å². The van der Waals surface area contributed by atoms with E-state index < -0.39 is 0 Å². The molecular formula is C22H23N7O3. The molecule has 10 nitrogen and oxygen atoms in total. The normalized spacial score (nSPS) is 13.9. The Bertz CT molecular complexity index is 1310. The van der Waals surface area contributed by atoms with Crippen molar-refractivity contribution in [3.05, 3.63) is 70.0 Å². The number of aromatic amines is 1. The van der Waals surface area contributed by atoms with Crippen molar-refractivity contribution in [2.75, 3.05) is 18.9 Å². The van der Waals surface area contributed by atoms with Gasteiger partial charge in [0.15, 0.2) is 11.5 Å². The third kappa shape index (κ3) is 4.18. The Morgan fingerprint density at radius 3 is 2.75 bits per heavy atom. The van der Waals surface area contributed by atoms with Gasteiger partial charge in [0, 0.05) is 12.6 Å². The molecular weight excluding hydrogens is 410 g/mol. The van der Waals surface area contributed by atoms with Crippen LogP contribution in [0, 0.1) is 6.92 Å². The summed E-state index contributed by atoms with van der Waals surface area (Å²) in [6.45, 7) is 4.24. The number of nitrogens with two attached hydrogens (primary N) is 1. The van der Waals surface area contributed by atoms with Crippen LogP contribution in [0.3, 0.4) is 0 Å². The molecule has 0 aliphatic carbocycles. The van der Waals surface area contributed by atoms with Crippen molar-refractivity contribution in [1.82, 2.24) is 29.8 Å². The summed E-state index contributed by atoms with van der Waals surface area (Å²) in [6, 6.07) is 13.6. The van der Waals surface area contributed by atoms with E-state index in [0.717, 1.165) is 24.5 Å². The number of fused-ring (bicyclic) bond motifs is 1. The summed E-state index contributed by atoms with van der Waals surface area (Å²) in [5.74, 6) is 1.96. The quantitative estimate of drug-likeness (QED) is 0.401. The highest BCUT2D eigenvalue weighted by atomic mass is 16.5. The second-order valence-electron chi connectivity index (χ2n) is 7.70. The van der Waals surface area contributed by atoms with Gasteiger partial charge in [-0.1, -0.05) is 18.2 Å². The molecule has 0 bridgehead atoms. The first kappa shape index (κ1) is 20.2. The second kappa shape index (κ2) is 8.40. The minimum absolute atomic E-state index is 0.262. The van der Waals surface area contributed by atoms with Gasteiger partial charge >= 0.3 is 5.69 Å². The Morgan fingerprint density at radius 2 is 2.00 bits per heavy atom. The molecule has 4 aromatic rings. The lowest BCUT2D eigenvalue weighted by Gasteiger charge is -2.26. The first-order valence-corrected chi connectivity index (χ1v) is 10.3. The van der Waals surface area contributed by atoms with Gasteiger partial charge in [-0.2, -0.15) is 0 Å². The van der Waals surface area contributed by atoms with Crippen molar-refractivity contribution < 1.29 is 9.47 Å². The number of hydrogen-bond donors (Lipinski definition) is 3. The van der Waals surface area contributed by atoms with Crippen LogP contribution in [0.15, 0.2) is 47.3 Å². The molecule has 1 aromatic carbocycles. The van der Waals surface area contributed by atoms with Crippen LogP contribution in [0.25, 0.3) is 11.2 Å². The summed E-state index contributed by atoms with van der Waals surface area (Å²) < 4.78 is 12.6. The Labute approximate surface area is 183 Å². The highest BCUT2D eigenvalue weighted by Crippen LogP contribution is 2.21. The number of nitrogens with zero attached hydrogens (tertiary/aromatic N) is 4. The topological polar surface area (TPSA) is 133 Å². The van der Waals surface area contributed by atoms with Gasteiger partial charge in [0.1, 0.15) is 17.1 Å². The third-order valence-electron chi connectivity index (χ3n) is 5.24. The van der Waals surface area contributed by atoms with Crippen LogP contribution in [0.2, 0.25) is 0 Å². The highest BCUT2D eigenvalue weighted by molar-refractivity contribution is 5.81. The summed E-state index contributed by atoms with van der Waals surface area (Å²) in [6.07, 6.45) is 0. The zero-order valence-corrected chi connectivity index (χ0v) is 17.5. The first-order valence-electron chi connectivity index (χ1n) is 10.3. The number of H-pyrrole nitrogens is 1. The largest absolute Gasteiger partial charge is 0.439 e. The average molecular weight is 433 g/mol. The number of hydrogen-bond acceptors (Lipinski definition) is 8. The van der Waals surface area contributed by atoms with Crippen LogP contribution in [-0.4, -0.2) is 43.8 Å². The molecule has 0 spiro atoms. The van der Waals surface area contributed by atoms with E-state index in [-0.39, 0.29) is 11.5 Å². The van der Waals surface area contributed by atoms with E-state index in [9.17, 15) is 4.79 Å². The molecule has 32 heavy (non-hydrogen) atoms. The van der Waals surface area contributed by atoms with E-state index in [4.69, 9.17) is 15.2 Å². The van der Waals surface area contributed by atoms with Gasteiger partial charge < -0.3 is 25.5 Å². The fourth-order valence-electron chi connectivity index (χ4n) is 3.49. The van der Waals surface area contributed by atoms with Crippen LogP contribution in [0.4, 0.5) is 5.82 Å². The molecule has 0 amide bonds. The summed E-state index contributed by atoms with van der Waals surface area (Å²) >= 11 is 0. The van der Waals surface area contributed by atoms with E-state index in [1.807, 2.05) is 42.5 Å². The maximum atomic E-state index is 12.4. The predicted molar refractivity (Wildman–Crippen MR) is 119 cm³/mol. The molecule has 3 aromatic heterocycles. The molecule has 1 aliphatic heterocycles. The van der Waals surface area contributed by atoms with Gasteiger partial charge in [0.2, 0.25) is 5.88 Å². The van der Waals surface area contributed by atoms with Crippen LogP contribution < -0.4 is 21.5 Å². The van der Waals surface area contributed by atoms with Gasteiger partial charge in [-0.25, -0.2) is 19.7 Å². The van der Waals surface area contributed by atoms with E-state index in [1.165, 1.54) is 0 Å². The van der Waals surface area contributed by atoms with Crippen LogP contribution in [0.5, 0.6) is 11.6 Å². The van der Waals surface area contributed by atoms with Crippen molar-refractivity contribution in [3.8, 4) is 11.6 Å². The van der Waals surface area contributed by atoms with E-state index in [2.05, 4.69) is 25.3 Å². The van der Waals surface area contributed by atoms with Gasteiger partial charge in [-0.05, 0) is 30.7 Å².